The summed E-state index contributed by atoms with van der Waals surface area (Å²) in [5, 5.41) is 3.62. The van der Waals surface area contributed by atoms with Gasteiger partial charge in [-0.2, -0.15) is 0 Å². The van der Waals surface area contributed by atoms with E-state index in [0.717, 1.165) is 44.2 Å². The SMILES string of the molecule is Cc1cccc(F)c1-c1ccc(C(=O)NC2CCCCC2)nc1-c1ccc(Cl)c(OCCCN(C)C)c1. The zero-order valence-corrected chi connectivity index (χ0v) is 22.6. The molecule has 1 aromatic heterocycles. The van der Waals surface area contributed by atoms with Crippen molar-refractivity contribution in [2.45, 2.75) is 51.5 Å². The molecule has 1 saturated carbocycles. The van der Waals surface area contributed by atoms with E-state index in [0.29, 0.717) is 45.5 Å². The third kappa shape index (κ3) is 6.88. The number of aryl methyl sites for hydroxylation is 1. The number of amides is 1. The Bertz CT molecular complexity index is 1220. The fraction of sp³-hybridized carbons (Fsp3) is 0.400. The van der Waals surface area contributed by atoms with Gasteiger partial charge >= 0.3 is 0 Å². The molecule has 0 saturated heterocycles. The molecule has 0 unspecified atom stereocenters. The van der Waals surface area contributed by atoms with Crippen LogP contribution in [0.1, 0.15) is 54.6 Å². The van der Waals surface area contributed by atoms with E-state index in [1.165, 1.54) is 12.5 Å². The summed E-state index contributed by atoms with van der Waals surface area (Å²) in [6.07, 6.45) is 6.27. The number of rotatable bonds is 9. The Morgan fingerprint density at radius 1 is 1.14 bits per heavy atom. The van der Waals surface area contributed by atoms with E-state index in [9.17, 15) is 4.79 Å². The zero-order valence-electron chi connectivity index (χ0n) is 21.8. The van der Waals surface area contributed by atoms with Crippen molar-refractivity contribution in [3.63, 3.8) is 0 Å². The summed E-state index contributed by atoms with van der Waals surface area (Å²) in [5.74, 6) is -0.0105. The van der Waals surface area contributed by atoms with Gasteiger partial charge < -0.3 is 15.0 Å². The van der Waals surface area contributed by atoms with Gasteiger partial charge in [-0.1, -0.05) is 49.1 Å². The summed E-state index contributed by atoms with van der Waals surface area (Å²) in [4.78, 5) is 20.0. The molecule has 0 aliphatic heterocycles. The smallest absolute Gasteiger partial charge is 0.270 e. The molecule has 0 bridgehead atoms. The molecular weight excluding hydrogens is 489 g/mol. The lowest BCUT2D eigenvalue weighted by Gasteiger charge is -2.23. The number of hydrogen-bond donors (Lipinski definition) is 1. The fourth-order valence-corrected chi connectivity index (χ4v) is 4.98. The topological polar surface area (TPSA) is 54.5 Å². The number of benzene rings is 2. The van der Waals surface area contributed by atoms with Gasteiger partial charge in [-0.25, -0.2) is 9.37 Å². The fourth-order valence-electron chi connectivity index (χ4n) is 4.81. The van der Waals surface area contributed by atoms with E-state index in [-0.39, 0.29) is 17.8 Å². The first-order valence-electron chi connectivity index (χ1n) is 13.0. The van der Waals surface area contributed by atoms with Gasteiger partial charge in [0.05, 0.1) is 17.3 Å². The third-order valence-corrected chi connectivity index (χ3v) is 7.08. The maximum absolute atomic E-state index is 15.1. The van der Waals surface area contributed by atoms with Crippen LogP contribution in [0.5, 0.6) is 5.75 Å². The number of nitrogens with zero attached hydrogens (tertiary/aromatic N) is 2. The lowest BCUT2D eigenvalue weighted by molar-refractivity contribution is 0.0923. The van der Waals surface area contributed by atoms with Gasteiger partial charge in [-0.05, 0) is 76.2 Å². The Morgan fingerprint density at radius 2 is 1.92 bits per heavy atom. The van der Waals surface area contributed by atoms with E-state index >= 15 is 4.39 Å². The standard InChI is InChI=1S/C30H35ClFN3O2/c1-20-9-7-12-25(32)28(20)23-14-16-26(30(36)33-22-10-5-4-6-11-22)34-29(23)21-13-15-24(31)27(19-21)37-18-8-17-35(2)3/h7,9,12-16,19,22H,4-6,8,10-11,17-18H2,1-3H3,(H,33,36). The Kier molecular flexibility index (Phi) is 9.17. The second-order valence-electron chi connectivity index (χ2n) is 9.98. The van der Waals surface area contributed by atoms with Gasteiger partial charge in [-0.15, -0.1) is 0 Å². The molecule has 5 nitrogen and oxygen atoms in total. The first-order chi connectivity index (χ1) is 17.8. The van der Waals surface area contributed by atoms with Gasteiger partial charge in [0.1, 0.15) is 17.3 Å². The molecule has 7 heteroatoms. The maximum Gasteiger partial charge on any atom is 0.270 e. The van der Waals surface area contributed by atoms with E-state index < -0.39 is 0 Å². The molecule has 0 spiro atoms. The van der Waals surface area contributed by atoms with Crippen LogP contribution in [0.3, 0.4) is 0 Å². The second kappa shape index (κ2) is 12.5. The van der Waals surface area contributed by atoms with Gasteiger partial charge in [-0.3, -0.25) is 4.79 Å². The van der Waals surface area contributed by atoms with Crippen LogP contribution in [-0.4, -0.2) is 49.1 Å². The Balaban J connectivity index is 1.72. The summed E-state index contributed by atoms with van der Waals surface area (Å²) in [6, 6.07) is 14.0. The molecule has 2 aromatic carbocycles. The molecule has 1 fully saturated rings. The molecule has 0 radical (unpaired) electrons. The molecule has 37 heavy (non-hydrogen) atoms. The molecule has 1 aliphatic rings. The first kappa shape index (κ1) is 27.1. The Labute approximate surface area is 224 Å². The number of hydrogen-bond acceptors (Lipinski definition) is 4. The van der Waals surface area contributed by atoms with Crippen molar-refractivity contribution in [2.24, 2.45) is 0 Å². The molecule has 1 N–H and O–H groups in total. The molecule has 196 valence electrons. The van der Waals surface area contributed by atoms with Crippen LogP contribution in [0.15, 0.2) is 48.5 Å². The van der Waals surface area contributed by atoms with Crippen LogP contribution in [0.4, 0.5) is 4.39 Å². The Morgan fingerprint density at radius 3 is 2.65 bits per heavy atom. The minimum absolute atomic E-state index is 0.165. The van der Waals surface area contributed by atoms with Crippen LogP contribution < -0.4 is 10.1 Å². The molecular formula is C30H35ClFN3O2. The summed E-state index contributed by atoms with van der Waals surface area (Å²) in [5.41, 5.74) is 3.40. The lowest BCUT2D eigenvalue weighted by atomic mass is 9.94. The number of ether oxygens (including phenoxy) is 1. The predicted molar refractivity (Wildman–Crippen MR) is 148 cm³/mol. The lowest BCUT2D eigenvalue weighted by Crippen LogP contribution is -2.36. The molecule has 1 heterocycles. The van der Waals surface area contributed by atoms with Crippen LogP contribution >= 0.6 is 11.6 Å². The number of halogens is 2. The average molecular weight is 524 g/mol. The third-order valence-electron chi connectivity index (χ3n) is 6.77. The van der Waals surface area contributed by atoms with Crippen molar-refractivity contribution in [1.82, 2.24) is 15.2 Å². The van der Waals surface area contributed by atoms with Crippen molar-refractivity contribution >= 4 is 17.5 Å². The average Bonchev–Trinajstić information content (AvgIpc) is 2.88. The normalized spacial score (nSPS) is 14.1. The molecule has 1 amide bonds. The quantitative estimate of drug-likeness (QED) is 0.310. The molecule has 1 aliphatic carbocycles. The van der Waals surface area contributed by atoms with E-state index in [4.69, 9.17) is 21.3 Å². The number of nitrogens with one attached hydrogen (secondary N) is 1. The van der Waals surface area contributed by atoms with E-state index in [1.807, 2.05) is 39.2 Å². The summed E-state index contributed by atoms with van der Waals surface area (Å²) >= 11 is 6.44. The van der Waals surface area contributed by atoms with Crippen molar-refractivity contribution in [3.05, 3.63) is 70.6 Å². The van der Waals surface area contributed by atoms with E-state index in [2.05, 4.69) is 10.2 Å². The van der Waals surface area contributed by atoms with Crippen LogP contribution in [0, 0.1) is 12.7 Å². The highest BCUT2D eigenvalue weighted by Gasteiger charge is 2.21. The summed E-state index contributed by atoms with van der Waals surface area (Å²) < 4.78 is 21.0. The van der Waals surface area contributed by atoms with Crippen molar-refractivity contribution in [2.75, 3.05) is 27.2 Å². The van der Waals surface area contributed by atoms with Crippen molar-refractivity contribution in [3.8, 4) is 28.1 Å². The van der Waals surface area contributed by atoms with Crippen molar-refractivity contribution < 1.29 is 13.9 Å². The Hall–Kier alpha value is -2.96. The zero-order chi connectivity index (χ0) is 26.4. The molecule has 0 atom stereocenters. The first-order valence-corrected chi connectivity index (χ1v) is 13.4. The number of pyridine rings is 1. The summed E-state index contributed by atoms with van der Waals surface area (Å²) in [6.45, 7) is 3.28. The highest BCUT2D eigenvalue weighted by Crippen LogP contribution is 2.37. The predicted octanol–water partition coefficient (Wildman–Crippen LogP) is 6.91. The van der Waals surface area contributed by atoms with Crippen LogP contribution in [0.25, 0.3) is 22.4 Å². The maximum atomic E-state index is 15.1. The second-order valence-corrected chi connectivity index (χ2v) is 10.4. The minimum atomic E-state index is -0.337. The van der Waals surface area contributed by atoms with Gasteiger partial charge in [0.2, 0.25) is 0 Å². The number of aromatic nitrogens is 1. The van der Waals surface area contributed by atoms with Crippen molar-refractivity contribution in [1.29, 1.82) is 0 Å². The molecule has 3 aromatic rings. The molecule has 4 rings (SSSR count). The number of carbonyl (C=O) groups excluding carboxylic acids is 1. The summed E-state index contributed by atoms with van der Waals surface area (Å²) in [7, 11) is 4.03. The van der Waals surface area contributed by atoms with Gasteiger partial charge in [0.25, 0.3) is 5.91 Å². The van der Waals surface area contributed by atoms with E-state index in [1.54, 1.807) is 24.3 Å². The number of carbonyl (C=O) groups is 1. The van der Waals surface area contributed by atoms with Crippen LogP contribution in [0.2, 0.25) is 5.02 Å². The van der Waals surface area contributed by atoms with Crippen LogP contribution in [-0.2, 0) is 0 Å². The highest BCUT2D eigenvalue weighted by atomic mass is 35.5. The monoisotopic (exact) mass is 523 g/mol. The largest absolute Gasteiger partial charge is 0.492 e. The van der Waals surface area contributed by atoms with Gasteiger partial charge in [0.15, 0.2) is 0 Å². The highest BCUT2D eigenvalue weighted by molar-refractivity contribution is 6.32. The van der Waals surface area contributed by atoms with Gasteiger partial charge in [0, 0.05) is 29.3 Å². The minimum Gasteiger partial charge on any atom is -0.492 e.